The summed E-state index contributed by atoms with van der Waals surface area (Å²) in [4.78, 5) is 16.2. The Bertz CT molecular complexity index is 637. The van der Waals surface area contributed by atoms with Gasteiger partial charge in [0.25, 0.3) is 0 Å². The van der Waals surface area contributed by atoms with Gasteiger partial charge in [-0.3, -0.25) is 9.20 Å². The third-order valence-electron chi connectivity index (χ3n) is 2.96. The molecule has 2 rings (SSSR count). The number of rotatable bonds is 6. The second kappa shape index (κ2) is 6.93. The Balaban J connectivity index is 2.32. The first-order valence-corrected chi connectivity index (χ1v) is 7.86. The summed E-state index contributed by atoms with van der Waals surface area (Å²) in [5, 5.41) is 3.16. The molecule has 0 aromatic carbocycles. The highest BCUT2D eigenvalue weighted by Gasteiger charge is 2.14. The Hall–Kier alpha value is -1.56. The smallest absolute Gasteiger partial charge is 0.325 e. The quantitative estimate of drug-likeness (QED) is 0.809. The van der Waals surface area contributed by atoms with Gasteiger partial charge in [0.2, 0.25) is 0 Å². The number of carbonyl (C=O) groups is 1. The molecular weight excluding hydrogens is 334 g/mol. The van der Waals surface area contributed by atoms with Gasteiger partial charge in [-0.25, -0.2) is 4.98 Å². The Labute approximate surface area is 132 Å². The molecule has 5 nitrogen and oxygen atoms in total. The minimum absolute atomic E-state index is 0.138. The standard InChI is InChI=1S/C15H20BrN3O2/c1-4-21-14(20)8-17-15-12(7-10(2)3)18-13-6-5-11(16)9-19(13)15/h5-6,9-10,17H,4,7-8H2,1-3H3. The van der Waals surface area contributed by atoms with Crippen LogP contribution in [0, 0.1) is 5.92 Å². The third-order valence-corrected chi connectivity index (χ3v) is 3.43. The van der Waals surface area contributed by atoms with Crippen LogP contribution >= 0.6 is 15.9 Å². The van der Waals surface area contributed by atoms with E-state index in [1.807, 2.05) is 22.7 Å². The maximum absolute atomic E-state index is 11.6. The molecule has 0 aliphatic rings. The third kappa shape index (κ3) is 3.97. The monoisotopic (exact) mass is 353 g/mol. The van der Waals surface area contributed by atoms with E-state index in [1.54, 1.807) is 6.92 Å². The lowest BCUT2D eigenvalue weighted by Gasteiger charge is -2.09. The van der Waals surface area contributed by atoms with Crippen LogP contribution < -0.4 is 5.32 Å². The predicted octanol–water partition coefficient (Wildman–Crippen LogP) is 3.27. The lowest BCUT2D eigenvalue weighted by atomic mass is 10.1. The lowest BCUT2D eigenvalue weighted by molar-refractivity contribution is -0.140. The second-order valence-electron chi connectivity index (χ2n) is 5.24. The molecule has 0 aliphatic heterocycles. The van der Waals surface area contributed by atoms with E-state index < -0.39 is 0 Å². The fourth-order valence-electron chi connectivity index (χ4n) is 2.15. The van der Waals surface area contributed by atoms with E-state index in [4.69, 9.17) is 4.74 Å². The minimum Gasteiger partial charge on any atom is -0.465 e. The van der Waals surface area contributed by atoms with Crippen LogP contribution in [0.5, 0.6) is 0 Å². The van der Waals surface area contributed by atoms with Crippen molar-refractivity contribution in [3.8, 4) is 0 Å². The highest BCUT2D eigenvalue weighted by molar-refractivity contribution is 9.10. The van der Waals surface area contributed by atoms with Crippen LogP contribution in [0.4, 0.5) is 5.82 Å². The molecule has 2 aromatic heterocycles. The number of pyridine rings is 1. The van der Waals surface area contributed by atoms with Crippen LogP contribution in [0.2, 0.25) is 0 Å². The number of anilines is 1. The van der Waals surface area contributed by atoms with Crippen LogP contribution in [0.25, 0.3) is 5.65 Å². The van der Waals surface area contributed by atoms with Crippen molar-refractivity contribution in [2.45, 2.75) is 27.2 Å². The average molecular weight is 354 g/mol. The average Bonchev–Trinajstić information content (AvgIpc) is 2.72. The van der Waals surface area contributed by atoms with Gasteiger partial charge in [0.15, 0.2) is 0 Å². The van der Waals surface area contributed by atoms with Crippen LogP contribution in [0.3, 0.4) is 0 Å². The van der Waals surface area contributed by atoms with Gasteiger partial charge in [0.05, 0.1) is 12.3 Å². The number of nitrogens with zero attached hydrogens (tertiary/aromatic N) is 2. The van der Waals surface area contributed by atoms with Gasteiger partial charge in [-0.2, -0.15) is 0 Å². The van der Waals surface area contributed by atoms with Crippen LogP contribution in [0.15, 0.2) is 22.8 Å². The van der Waals surface area contributed by atoms with E-state index in [0.29, 0.717) is 12.5 Å². The van der Waals surface area contributed by atoms with Crippen molar-refractivity contribution in [3.63, 3.8) is 0 Å². The van der Waals surface area contributed by atoms with Gasteiger partial charge >= 0.3 is 5.97 Å². The van der Waals surface area contributed by atoms with Crippen molar-refractivity contribution < 1.29 is 9.53 Å². The topological polar surface area (TPSA) is 55.6 Å². The molecule has 0 saturated heterocycles. The molecule has 0 saturated carbocycles. The molecule has 1 N–H and O–H groups in total. The fourth-order valence-corrected chi connectivity index (χ4v) is 2.49. The first-order valence-electron chi connectivity index (χ1n) is 7.07. The maximum Gasteiger partial charge on any atom is 0.325 e. The minimum atomic E-state index is -0.266. The number of hydrogen-bond donors (Lipinski definition) is 1. The summed E-state index contributed by atoms with van der Waals surface area (Å²) in [5.41, 5.74) is 1.83. The van der Waals surface area contributed by atoms with Crippen molar-refractivity contribution >= 4 is 33.4 Å². The van der Waals surface area contributed by atoms with E-state index in [-0.39, 0.29) is 12.5 Å². The highest BCUT2D eigenvalue weighted by Crippen LogP contribution is 2.23. The van der Waals surface area contributed by atoms with Crippen molar-refractivity contribution in [3.05, 3.63) is 28.5 Å². The molecule has 6 heteroatoms. The zero-order valence-corrected chi connectivity index (χ0v) is 14.1. The molecule has 0 amide bonds. The van der Waals surface area contributed by atoms with Gasteiger partial charge in [-0.05, 0) is 47.3 Å². The number of imidazole rings is 1. The summed E-state index contributed by atoms with van der Waals surface area (Å²) in [7, 11) is 0. The molecule has 0 aliphatic carbocycles. The summed E-state index contributed by atoms with van der Waals surface area (Å²) >= 11 is 3.46. The molecule has 0 fully saturated rings. The van der Waals surface area contributed by atoms with Crippen molar-refractivity contribution in [2.75, 3.05) is 18.5 Å². The van der Waals surface area contributed by atoms with Gasteiger partial charge < -0.3 is 10.1 Å². The number of ether oxygens (including phenoxy) is 1. The highest BCUT2D eigenvalue weighted by atomic mass is 79.9. The predicted molar refractivity (Wildman–Crippen MR) is 86.6 cm³/mol. The number of hydrogen-bond acceptors (Lipinski definition) is 4. The summed E-state index contributed by atoms with van der Waals surface area (Å²) in [6.45, 7) is 6.62. The van der Waals surface area contributed by atoms with Crippen molar-refractivity contribution in [1.82, 2.24) is 9.38 Å². The SMILES string of the molecule is CCOC(=O)CNc1c(CC(C)C)nc2ccc(Br)cn12. The largest absolute Gasteiger partial charge is 0.465 e. The normalized spacial score (nSPS) is 11.1. The summed E-state index contributed by atoms with van der Waals surface area (Å²) in [6, 6.07) is 3.90. The van der Waals surface area contributed by atoms with E-state index >= 15 is 0 Å². The Morgan fingerprint density at radius 2 is 2.24 bits per heavy atom. The summed E-state index contributed by atoms with van der Waals surface area (Å²) in [6.07, 6.45) is 2.80. The Kier molecular flexibility index (Phi) is 5.22. The first-order chi connectivity index (χ1) is 10.0. The van der Waals surface area contributed by atoms with E-state index in [0.717, 1.165) is 28.1 Å². The maximum atomic E-state index is 11.6. The van der Waals surface area contributed by atoms with E-state index in [9.17, 15) is 4.79 Å². The van der Waals surface area contributed by atoms with E-state index in [2.05, 4.69) is 40.1 Å². The zero-order valence-electron chi connectivity index (χ0n) is 12.5. The van der Waals surface area contributed by atoms with Crippen molar-refractivity contribution in [2.24, 2.45) is 5.92 Å². The van der Waals surface area contributed by atoms with Gasteiger partial charge in [-0.15, -0.1) is 0 Å². The Morgan fingerprint density at radius 1 is 1.48 bits per heavy atom. The number of fused-ring (bicyclic) bond motifs is 1. The molecule has 0 spiro atoms. The molecule has 2 heterocycles. The van der Waals surface area contributed by atoms with Crippen molar-refractivity contribution in [1.29, 1.82) is 0 Å². The molecule has 0 atom stereocenters. The molecule has 0 unspecified atom stereocenters. The number of esters is 1. The molecule has 21 heavy (non-hydrogen) atoms. The molecule has 114 valence electrons. The Morgan fingerprint density at radius 3 is 2.90 bits per heavy atom. The molecule has 0 bridgehead atoms. The molecule has 2 aromatic rings. The number of carbonyl (C=O) groups excluding carboxylic acids is 1. The number of nitrogens with one attached hydrogen (secondary N) is 1. The fraction of sp³-hybridized carbons (Fsp3) is 0.467. The molecular formula is C15H20BrN3O2. The van der Waals surface area contributed by atoms with Gasteiger partial charge in [-0.1, -0.05) is 13.8 Å². The van der Waals surface area contributed by atoms with Crippen LogP contribution in [-0.2, 0) is 16.0 Å². The number of aromatic nitrogens is 2. The first kappa shape index (κ1) is 15.8. The van der Waals surface area contributed by atoms with Gasteiger partial charge in [0.1, 0.15) is 18.0 Å². The van der Waals surface area contributed by atoms with E-state index in [1.165, 1.54) is 0 Å². The lowest BCUT2D eigenvalue weighted by Crippen LogP contribution is -2.18. The summed E-state index contributed by atoms with van der Waals surface area (Å²) in [5.74, 6) is 1.08. The second-order valence-corrected chi connectivity index (χ2v) is 6.15. The summed E-state index contributed by atoms with van der Waals surface area (Å²) < 4.78 is 7.88. The van der Waals surface area contributed by atoms with Gasteiger partial charge in [0, 0.05) is 10.7 Å². The zero-order chi connectivity index (χ0) is 15.4. The van der Waals surface area contributed by atoms with Crippen LogP contribution in [0.1, 0.15) is 26.5 Å². The van der Waals surface area contributed by atoms with Crippen LogP contribution in [-0.4, -0.2) is 28.5 Å². The number of halogens is 1. The molecule has 0 radical (unpaired) electrons.